The molecule has 0 radical (unpaired) electrons. The summed E-state index contributed by atoms with van der Waals surface area (Å²) < 4.78 is 2.60. The fraction of sp³-hybridized carbons (Fsp3) is 0.0909. The molecule has 2 aliphatic rings. The van der Waals surface area contributed by atoms with Gasteiger partial charge >= 0.3 is 0 Å². The van der Waals surface area contributed by atoms with Crippen LogP contribution in [-0.4, -0.2) is 0 Å². The normalized spacial score (nSPS) is 17.8. The van der Waals surface area contributed by atoms with Crippen molar-refractivity contribution in [3.63, 3.8) is 0 Å². The highest BCUT2D eigenvalue weighted by Gasteiger charge is 2.35. The highest BCUT2D eigenvalue weighted by molar-refractivity contribution is 7.25. The molecule has 56 heavy (non-hydrogen) atoms. The Hall–Kier alpha value is -6.28. The van der Waals surface area contributed by atoms with Gasteiger partial charge in [-0.3, -0.25) is 0 Å². The zero-order chi connectivity index (χ0) is 38.4. The standard InChI is InChI=1S/C55H44S/c1-36(39-21-9-8-10-22-39)41-26-14-15-27-42(41)37(2)43-24-11-6-7-12-25-44(46-29-17-16-28-45(43)46)38(3)48-34-50-47-30-18-20-32-53(47)56-54(50)35-49(48)52-33-40-23-13-19-31-51(40)55(52,4)5/h8-35H,1-3,6-7H2,4-5H3/b24-11+,25-12+,45-43+,46-44+. The van der Waals surface area contributed by atoms with E-state index in [1.165, 1.54) is 48.0 Å². The SMILES string of the molecule is C=C(C1=c2\cccc\c2=C(C(=C)c2cc3c(cc2C2=Cc4ccccc4C2(C)C)sc2ccccc23)\C=C\CC\C=C\1)c1ccccc1C(=C)c1ccccc1. The van der Waals surface area contributed by atoms with Gasteiger partial charge in [-0.25, -0.2) is 0 Å². The second-order valence-corrected chi connectivity index (χ2v) is 16.4. The van der Waals surface area contributed by atoms with E-state index in [1.807, 2.05) is 17.4 Å². The molecule has 270 valence electrons. The molecule has 0 saturated heterocycles. The van der Waals surface area contributed by atoms with Gasteiger partial charge in [0, 0.05) is 25.6 Å². The van der Waals surface area contributed by atoms with Gasteiger partial charge in [-0.2, -0.15) is 0 Å². The van der Waals surface area contributed by atoms with Crippen LogP contribution in [0.2, 0.25) is 0 Å². The smallest absolute Gasteiger partial charge is 0.0361 e. The van der Waals surface area contributed by atoms with E-state index in [0.717, 1.165) is 67.8 Å². The zero-order valence-electron chi connectivity index (χ0n) is 32.1. The lowest BCUT2D eigenvalue weighted by molar-refractivity contribution is 0.704. The molecule has 0 aliphatic heterocycles. The molecule has 1 heteroatoms. The Morgan fingerprint density at radius 2 is 1.11 bits per heavy atom. The van der Waals surface area contributed by atoms with Gasteiger partial charge in [-0.1, -0.05) is 179 Å². The molecule has 0 fully saturated rings. The number of hydrogen-bond acceptors (Lipinski definition) is 1. The summed E-state index contributed by atoms with van der Waals surface area (Å²) in [7, 11) is 0. The van der Waals surface area contributed by atoms with Gasteiger partial charge in [0.25, 0.3) is 0 Å². The summed E-state index contributed by atoms with van der Waals surface area (Å²) in [5.41, 5.74) is 14.7. The van der Waals surface area contributed by atoms with E-state index >= 15 is 0 Å². The highest BCUT2D eigenvalue weighted by atomic mass is 32.1. The Morgan fingerprint density at radius 1 is 0.536 bits per heavy atom. The molecule has 0 saturated carbocycles. The number of thiophene rings is 1. The third-order valence-electron chi connectivity index (χ3n) is 11.7. The van der Waals surface area contributed by atoms with E-state index in [1.54, 1.807) is 0 Å². The van der Waals surface area contributed by atoms with Crippen molar-refractivity contribution in [1.82, 2.24) is 0 Å². The van der Waals surface area contributed by atoms with E-state index in [-0.39, 0.29) is 5.41 Å². The Labute approximate surface area is 334 Å². The second-order valence-electron chi connectivity index (χ2n) is 15.4. The van der Waals surface area contributed by atoms with Crippen LogP contribution in [0, 0.1) is 0 Å². The average molecular weight is 737 g/mol. The number of benzene rings is 6. The summed E-state index contributed by atoms with van der Waals surface area (Å²) in [6.45, 7) is 19.1. The molecular formula is C55H44S. The van der Waals surface area contributed by atoms with Gasteiger partial charge in [0.15, 0.2) is 0 Å². The monoisotopic (exact) mass is 736 g/mol. The van der Waals surface area contributed by atoms with Gasteiger partial charge in [-0.15, -0.1) is 11.3 Å². The molecule has 0 unspecified atom stereocenters. The molecule has 7 aromatic rings. The molecule has 0 atom stereocenters. The molecular weight excluding hydrogens is 693 g/mol. The van der Waals surface area contributed by atoms with Crippen molar-refractivity contribution in [3.8, 4) is 0 Å². The second kappa shape index (κ2) is 14.4. The van der Waals surface area contributed by atoms with Crippen LogP contribution in [0.25, 0.3) is 59.7 Å². The van der Waals surface area contributed by atoms with Gasteiger partial charge in [0.1, 0.15) is 0 Å². The van der Waals surface area contributed by atoms with Crippen LogP contribution in [-0.2, 0) is 5.41 Å². The molecule has 0 amide bonds. The van der Waals surface area contributed by atoms with Crippen LogP contribution in [0.15, 0.2) is 184 Å². The minimum absolute atomic E-state index is 0.175. The van der Waals surface area contributed by atoms with Crippen LogP contribution in [0.5, 0.6) is 0 Å². The van der Waals surface area contributed by atoms with Crippen molar-refractivity contribution in [1.29, 1.82) is 0 Å². The van der Waals surface area contributed by atoms with Gasteiger partial charge < -0.3 is 0 Å². The number of allylic oxidation sites excluding steroid dienone is 7. The quantitative estimate of drug-likeness (QED) is 0.153. The summed E-state index contributed by atoms with van der Waals surface area (Å²) in [4.78, 5) is 0. The fourth-order valence-electron chi connectivity index (χ4n) is 8.68. The largest absolute Gasteiger partial charge is 0.135 e. The molecule has 0 N–H and O–H groups in total. The first-order valence-electron chi connectivity index (χ1n) is 19.5. The molecule has 0 spiro atoms. The van der Waals surface area contributed by atoms with Crippen molar-refractivity contribution < 1.29 is 0 Å². The molecule has 2 aliphatic carbocycles. The third-order valence-corrected chi connectivity index (χ3v) is 12.8. The van der Waals surface area contributed by atoms with Crippen LogP contribution in [0.1, 0.15) is 65.6 Å². The Kier molecular flexibility index (Phi) is 9.12. The predicted molar refractivity (Wildman–Crippen MR) is 246 cm³/mol. The van der Waals surface area contributed by atoms with Crippen LogP contribution >= 0.6 is 11.3 Å². The first-order valence-corrected chi connectivity index (χ1v) is 20.3. The van der Waals surface area contributed by atoms with Crippen LogP contribution < -0.4 is 10.4 Å². The van der Waals surface area contributed by atoms with Crippen molar-refractivity contribution in [2.45, 2.75) is 32.1 Å². The van der Waals surface area contributed by atoms with E-state index in [0.29, 0.717) is 0 Å². The van der Waals surface area contributed by atoms with Crippen molar-refractivity contribution in [2.24, 2.45) is 0 Å². The molecule has 1 aromatic heterocycles. The maximum absolute atomic E-state index is 5.00. The van der Waals surface area contributed by atoms with Gasteiger partial charge in [0.2, 0.25) is 0 Å². The van der Waals surface area contributed by atoms with Crippen LogP contribution in [0.3, 0.4) is 0 Å². The van der Waals surface area contributed by atoms with Crippen molar-refractivity contribution in [3.05, 3.63) is 233 Å². The summed E-state index contributed by atoms with van der Waals surface area (Å²) >= 11 is 1.87. The molecule has 9 rings (SSSR count). The predicted octanol–water partition coefficient (Wildman–Crippen LogP) is 13.6. The van der Waals surface area contributed by atoms with E-state index in [2.05, 4.69) is 184 Å². The lowest BCUT2D eigenvalue weighted by Gasteiger charge is -2.27. The minimum atomic E-state index is -0.175. The summed E-state index contributed by atoms with van der Waals surface area (Å²) in [5.74, 6) is 0. The minimum Gasteiger partial charge on any atom is -0.135 e. The van der Waals surface area contributed by atoms with Gasteiger partial charge in [-0.05, 0) is 120 Å². The first-order chi connectivity index (χ1) is 27.3. The number of hydrogen-bond donors (Lipinski definition) is 0. The highest BCUT2D eigenvalue weighted by Crippen LogP contribution is 2.50. The third kappa shape index (κ3) is 6.10. The molecule has 0 nitrogen and oxygen atoms in total. The Balaban J connectivity index is 1.29. The fourth-order valence-corrected chi connectivity index (χ4v) is 9.81. The molecule has 1 heterocycles. The lowest BCUT2D eigenvalue weighted by atomic mass is 9.76. The Morgan fingerprint density at radius 3 is 1.80 bits per heavy atom. The zero-order valence-corrected chi connectivity index (χ0v) is 32.9. The van der Waals surface area contributed by atoms with E-state index in [9.17, 15) is 0 Å². The maximum atomic E-state index is 5.00. The van der Waals surface area contributed by atoms with E-state index in [4.69, 9.17) is 13.2 Å². The lowest BCUT2D eigenvalue weighted by Crippen LogP contribution is -2.29. The van der Waals surface area contributed by atoms with Crippen LogP contribution in [0.4, 0.5) is 0 Å². The van der Waals surface area contributed by atoms with E-state index < -0.39 is 0 Å². The first kappa shape index (κ1) is 35.4. The summed E-state index contributed by atoms with van der Waals surface area (Å²) in [5, 5.41) is 4.83. The van der Waals surface area contributed by atoms with Crippen molar-refractivity contribution >= 4 is 71.0 Å². The molecule has 6 aromatic carbocycles. The summed E-state index contributed by atoms with van der Waals surface area (Å²) in [6, 6.07) is 50.2. The topological polar surface area (TPSA) is 0 Å². The summed E-state index contributed by atoms with van der Waals surface area (Å²) in [6.07, 6.45) is 13.4. The average Bonchev–Trinajstić information content (AvgIpc) is 3.74. The number of fused-ring (bicyclic) bond motifs is 5. The Bertz CT molecular complexity index is 2970. The van der Waals surface area contributed by atoms with Crippen molar-refractivity contribution in [2.75, 3.05) is 0 Å². The molecule has 0 bridgehead atoms. The van der Waals surface area contributed by atoms with Gasteiger partial charge in [0.05, 0.1) is 0 Å². The maximum Gasteiger partial charge on any atom is 0.0361 e. The number of rotatable bonds is 7.